The summed E-state index contributed by atoms with van der Waals surface area (Å²) in [6.07, 6.45) is 24.2. The third-order valence-electron chi connectivity index (χ3n) is 7.75. The Labute approximate surface area is 215 Å². The van der Waals surface area contributed by atoms with Crippen LogP contribution in [0.5, 0.6) is 0 Å². The maximum Gasteiger partial charge on any atom is 0.0568 e. The number of rotatable bonds is 15. The summed E-state index contributed by atoms with van der Waals surface area (Å²) >= 11 is 0. The van der Waals surface area contributed by atoms with Crippen molar-refractivity contribution >= 4 is 12.4 Å². The standard InChI is InChI=1S/C33H48N2/c1-3-5-7-9-11-13-29-18-22-32(23-19-29)33-24-20-31(21-25-33)27-35-34-26-30-16-14-28(15-17-30)12-10-8-6-4-2/h14-17,20-21,24-27,29,32H,3-13,18-19,22-23H2,1-2H3/b34-26+,35-27+. The molecule has 0 saturated heterocycles. The maximum atomic E-state index is 4.27. The quantitative estimate of drug-likeness (QED) is 0.140. The molecule has 1 fully saturated rings. The van der Waals surface area contributed by atoms with Gasteiger partial charge in [0, 0.05) is 0 Å². The summed E-state index contributed by atoms with van der Waals surface area (Å²) < 4.78 is 0. The second-order valence-electron chi connectivity index (χ2n) is 10.6. The van der Waals surface area contributed by atoms with Crippen molar-refractivity contribution in [1.29, 1.82) is 0 Å². The van der Waals surface area contributed by atoms with Crippen LogP contribution in [0.2, 0.25) is 0 Å². The third-order valence-corrected chi connectivity index (χ3v) is 7.75. The summed E-state index contributed by atoms with van der Waals surface area (Å²) in [5.74, 6) is 1.71. The van der Waals surface area contributed by atoms with E-state index in [1.54, 1.807) is 0 Å². The zero-order valence-electron chi connectivity index (χ0n) is 22.4. The SMILES string of the molecule is CCCCCCCC1CCC(c2ccc(/C=N/N=C/c3ccc(CCCCCC)cc3)cc2)CC1. The van der Waals surface area contributed by atoms with Crippen LogP contribution in [0.4, 0.5) is 0 Å². The van der Waals surface area contributed by atoms with Gasteiger partial charge in [0.25, 0.3) is 0 Å². The molecule has 0 aromatic heterocycles. The van der Waals surface area contributed by atoms with E-state index in [4.69, 9.17) is 0 Å². The Morgan fingerprint density at radius 1 is 0.629 bits per heavy atom. The molecular weight excluding hydrogens is 424 g/mol. The van der Waals surface area contributed by atoms with Crippen LogP contribution in [0.1, 0.15) is 132 Å². The van der Waals surface area contributed by atoms with Gasteiger partial charge in [-0.25, -0.2) is 0 Å². The molecule has 1 aliphatic carbocycles. The minimum atomic E-state index is 0.741. The van der Waals surface area contributed by atoms with Crippen molar-refractivity contribution < 1.29 is 0 Å². The molecule has 2 aromatic carbocycles. The molecule has 2 nitrogen and oxygen atoms in total. The monoisotopic (exact) mass is 472 g/mol. The highest BCUT2D eigenvalue weighted by Gasteiger charge is 2.21. The fourth-order valence-electron chi connectivity index (χ4n) is 5.40. The summed E-state index contributed by atoms with van der Waals surface area (Å²) in [7, 11) is 0. The Bertz CT molecular complexity index is 855. The third kappa shape index (κ3) is 10.5. The van der Waals surface area contributed by atoms with Crippen molar-refractivity contribution in [2.24, 2.45) is 16.1 Å². The molecule has 35 heavy (non-hydrogen) atoms. The van der Waals surface area contributed by atoms with Crippen molar-refractivity contribution in [2.45, 2.75) is 116 Å². The van der Waals surface area contributed by atoms with Gasteiger partial charge in [0.15, 0.2) is 0 Å². The molecule has 0 unspecified atom stereocenters. The topological polar surface area (TPSA) is 24.7 Å². The van der Waals surface area contributed by atoms with Crippen LogP contribution < -0.4 is 0 Å². The van der Waals surface area contributed by atoms with Gasteiger partial charge < -0.3 is 0 Å². The molecule has 0 radical (unpaired) electrons. The molecule has 1 saturated carbocycles. The van der Waals surface area contributed by atoms with E-state index < -0.39 is 0 Å². The average Bonchev–Trinajstić information content (AvgIpc) is 2.90. The zero-order valence-corrected chi connectivity index (χ0v) is 22.4. The van der Waals surface area contributed by atoms with E-state index >= 15 is 0 Å². The molecule has 2 aromatic rings. The first kappa shape index (κ1) is 27.4. The molecule has 0 aliphatic heterocycles. The largest absolute Gasteiger partial charge is 0.159 e. The van der Waals surface area contributed by atoms with Gasteiger partial charge in [0.05, 0.1) is 12.4 Å². The van der Waals surface area contributed by atoms with E-state index in [-0.39, 0.29) is 0 Å². The lowest BCUT2D eigenvalue weighted by Gasteiger charge is -2.29. The lowest BCUT2D eigenvalue weighted by atomic mass is 9.77. The summed E-state index contributed by atoms with van der Waals surface area (Å²) in [4.78, 5) is 0. The van der Waals surface area contributed by atoms with Crippen molar-refractivity contribution in [1.82, 2.24) is 0 Å². The highest BCUT2D eigenvalue weighted by atomic mass is 15.2. The lowest BCUT2D eigenvalue weighted by molar-refractivity contribution is 0.302. The molecule has 0 N–H and O–H groups in total. The van der Waals surface area contributed by atoms with Crippen LogP contribution in [0, 0.1) is 5.92 Å². The molecule has 0 amide bonds. The van der Waals surface area contributed by atoms with E-state index in [9.17, 15) is 0 Å². The average molecular weight is 473 g/mol. The Morgan fingerprint density at radius 3 is 1.77 bits per heavy atom. The number of hydrogen-bond donors (Lipinski definition) is 0. The van der Waals surface area contributed by atoms with E-state index in [0.29, 0.717) is 0 Å². The van der Waals surface area contributed by atoms with Crippen LogP contribution >= 0.6 is 0 Å². The molecule has 0 bridgehead atoms. The summed E-state index contributed by atoms with van der Waals surface area (Å²) in [6, 6.07) is 17.7. The minimum Gasteiger partial charge on any atom is -0.159 e. The van der Waals surface area contributed by atoms with Gasteiger partial charge in [-0.05, 0) is 72.6 Å². The molecule has 2 heteroatoms. The van der Waals surface area contributed by atoms with Gasteiger partial charge in [0.2, 0.25) is 0 Å². The second-order valence-corrected chi connectivity index (χ2v) is 10.6. The molecule has 0 spiro atoms. The van der Waals surface area contributed by atoms with Gasteiger partial charge >= 0.3 is 0 Å². The Kier molecular flexibility index (Phi) is 12.9. The van der Waals surface area contributed by atoms with E-state index in [1.165, 1.54) is 107 Å². The molecule has 3 rings (SSSR count). The minimum absolute atomic E-state index is 0.741. The fourth-order valence-corrected chi connectivity index (χ4v) is 5.40. The van der Waals surface area contributed by atoms with Gasteiger partial charge in [-0.15, -0.1) is 0 Å². The number of unbranched alkanes of at least 4 members (excludes halogenated alkanes) is 7. The number of nitrogens with zero attached hydrogens (tertiary/aromatic N) is 2. The van der Waals surface area contributed by atoms with Crippen LogP contribution in [0.25, 0.3) is 0 Å². The molecule has 0 atom stereocenters. The van der Waals surface area contributed by atoms with Crippen molar-refractivity contribution in [3.8, 4) is 0 Å². The maximum absolute atomic E-state index is 4.27. The van der Waals surface area contributed by atoms with Gasteiger partial charge in [-0.1, -0.05) is 120 Å². The second kappa shape index (κ2) is 16.5. The first-order valence-corrected chi connectivity index (χ1v) is 14.5. The van der Waals surface area contributed by atoms with Crippen LogP contribution in [-0.4, -0.2) is 12.4 Å². The lowest BCUT2D eigenvalue weighted by Crippen LogP contribution is -2.13. The normalized spacial score (nSPS) is 18.6. The number of hydrogen-bond acceptors (Lipinski definition) is 2. The van der Waals surface area contributed by atoms with Crippen LogP contribution in [-0.2, 0) is 6.42 Å². The van der Waals surface area contributed by atoms with E-state index in [0.717, 1.165) is 23.0 Å². The Balaban J connectivity index is 1.37. The van der Waals surface area contributed by atoms with Crippen LogP contribution in [0.15, 0.2) is 58.7 Å². The fraction of sp³-hybridized carbons (Fsp3) is 0.576. The highest BCUT2D eigenvalue weighted by molar-refractivity contribution is 5.82. The van der Waals surface area contributed by atoms with Crippen LogP contribution in [0.3, 0.4) is 0 Å². The van der Waals surface area contributed by atoms with Gasteiger partial charge in [-0.2, -0.15) is 10.2 Å². The highest BCUT2D eigenvalue weighted by Crippen LogP contribution is 2.37. The Hall–Kier alpha value is -2.22. The zero-order chi connectivity index (χ0) is 24.6. The Morgan fingerprint density at radius 2 is 1.17 bits per heavy atom. The summed E-state index contributed by atoms with van der Waals surface area (Å²) in [5.41, 5.74) is 5.14. The first-order valence-electron chi connectivity index (χ1n) is 14.5. The number of benzene rings is 2. The van der Waals surface area contributed by atoms with Gasteiger partial charge in [0.1, 0.15) is 0 Å². The van der Waals surface area contributed by atoms with Crippen molar-refractivity contribution in [3.63, 3.8) is 0 Å². The molecule has 190 valence electrons. The predicted octanol–water partition coefficient (Wildman–Crippen LogP) is 9.90. The van der Waals surface area contributed by atoms with E-state index in [2.05, 4.69) is 72.6 Å². The van der Waals surface area contributed by atoms with Crippen molar-refractivity contribution in [3.05, 3.63) is 70.8 Å². The molecular formula is C33H48N2. The summed E-state index contributed by atoms with van der Waals surface area (Å²) in [6.45, 7) is 4.55. The first-order chi connectivity index (χ1) is 17.3. The van der Waals surface area contributed by atoms with Gasteiger partial charge in [-0.3, -0.25) is 0 Å². The predicted molar refractivity (Wildman–Crippen MR) is 154 cm³/mol. The van der Waals surface area contributed by atoms with E-state index in [1.807, 2.05) is 12.4 Å². The summed E-state index contributed by atoms with van der Waals surface area (Å²) in [5, 5.41) is 8.53. The smallest absolute Gasteiger partial charge is 0.0568 e. The number of aryl methyl sites for hydroxylation is 1. The molecule has 1 aliphatic rings. The van der Waals surface area contributed by atoms with Crippen molar-refractivity contribution in [2.75, 3.05) is 0 Å². The molecule has 0 heterocycles.